The van der Waals surface area contributed by atoms with Crippen LogP contribution in [0.15, 0.2) is 0 Å². The fourth-order valence-electron chi connectivity index (χ4n) is 1.19. The highest BCUT2D eigenvalue weighted by atomic mass is 28.4. The van der Waals surface area contributed by atoms with E-state index in [1.807, 2.05) is 0 Å². The summed E-state index contributed by atoms with van der Waals surface area (Å²) in [5.74, 6) is 0. The second-order valence-corrected chi connectivity index (χ2v) is 14.8. The van der Waals surface area contributed by atoms with Gasteiger partial charge in [-0.05, 0) is 52.6 Å². The van der Waals surface area contributed by atoms with Gasteiger partial charge in [-0.1, -0.05) is 0 Å². The number of rotatable bonds is 6. The zero-order chi connectivity index (χ0) is 11.4. The van der Waals surface area contributed by atoms with Crippen molar-refractivity contribution in [3.63, 3.8) is 0 Å². The molecule has 0 heterocycles. The largest absolute Gasteiger partial charge is 0.418 e. The van der Waals surface area contributed by atoms with Crippen molar-refractivity contribution in [3.8, 4) is 0 Å². The van der Waals surface area contributed by atoms with E-state index in [2.05, 4.69) is 46.2 Å². The lowest BCUT2D eigenvalue weighted by Gasteiger charge is -2.25. The van der Waals surface area contributed by atoms with E-state index in [0.717, 1.165) is 13.0 Å². The minimum atomic E-state index is -1.36. The van der Waals surface area contributed by atoms with Crippen LogP contribution in [0.2, 0.25) is 39.3 Å². The Morgan fingerprint density at radius 3 is 1.79 bits per heavy atom. The highest BCUT2D eigenvalue weighted by Gasteiger charge is 2.19. The van der Waals surface area contributed by atoms with Crippen molar-refractivity contribution in [1.29, 1.82) is 0 Å². The summed E-state index contributed by atoms with van der Waals surface area (Å²) < 4.78 is 11.7. The zero-order valence-electron chi connectivity index (χ0n) is 10.8. The van der Waals surface area contributed by atoms with Gasteiger partial charge in [-0.2, -0.15) is 0 Å². The van der Waals surface area contributed by atoms with Crippen molar-refractivity contribution in [2.75, 3.05) is 6.61 Å². The van der Waals surface area contributed by atoms with Crippen LogP contribution >= 0.6 is 0 Å². The Balaban J connectivity index is 3.60. The fraction of sp³-hybridized carbons (Fsp3) is 1.00. The van der Waals surface area contributed by atoms with E-state index in [0.29, 0.717) is 6.10 Å². The van der Waals surface area contributed by atoms with Gasteiger partial charge >= 0.3 is 0 Å². The maximum atomic E-state index is 5.93. The van der Waals surface area contributed by atoms with Crippen LogP contribution in [0.25, 0.3) is 0 Å². The summed E-state index contributed by atoms with van der Waals surface area (Å²) in [6.45, 7) is 16.3. The molecule has 0 amide bonds. The molecule has 4 heteroatoms. The lowest BCUT2D eigenvalue weighted by Crippen LogP contribution is -2.32. The summed E-state index contributed by atoms with van der Waals surface area (Å²) in [6, 6.07) is 0. The third-order valence-electron chi connectivity index (χ3n) is 1.61. The van der Waals surface area contributed by atoms with E-state index >= 15 is 0 Å². The minimum Gasteiger partial charge on any atom is -0.418 e. The molecule has 0 aliphatic heterocycles. The van der Waals surface area contributed by atoms with Crippen LogP contribution in [0.1, 0.15) is 13.3 Å². The zero-order valence-corrected chi connectivity index (χ0v) is 12.8. The molecule has 0 radical (unpaired) electrons. The van der Waals surface area contributed by atoms with Crippen molar-refractivity contribution in [2.24, 2.45) is 0 Å². The summed E-state index contributed by atoms with van der Waals surface area (Å²) >= 11 is 0. The van der Waals surface area contributed by atoms with Crippen LogP contribution in [0, 0.1) is 0 Å². The molecule has 0 rings (SSSR count). The van der Waals surface area contributed by atoms with E-state index in [1.54, 1.807) is 0 Å². The van der Waals surface area contributed by atoms with Crippen molar-refractivity contribution >= 4 is 16.6 Å². The van der Waals surface area contributed by atoms with E-state index in [9.17, 15) is 0 Å². The van der Waals surface area contributed by atoms with E-state index in [-0.39, 0.29) is 0 Å². The highest BCUT2D eigenvalue weighted by Crippen LogP contribution is 2.11. The molecule has 0 N–H and O–H groups in total. The molecule has 0 spiro atoms. The van der Waals surface area contributed by atoms with Crippen LogP contribution in [0.4, 0.5) is 0 Å². The summed E-state index contributed by atoms with van der Waals surface area (Å²) in [5.41, 5.74) is 0. The Kier molecular flexibility index (Phi) is 5.58. The number of hydrogen-bond acceptors (Lipinski definition) is 2. The Morgan fingerprint density at radius 1 is 0.929 bits per heavy atom. The Hall–Kier alpha value is 0.354. The van der Waals surface area contributed by atoms with E-state index < -0.39 is 16.6 Å². The molecule has 0 aromatic heterocycles. The standard InChI is InChI=1S/C10H26O2Si2/c1-10(12-14(5,6)7)8-9-11-13(2,3)4/h10H,8-9H2,1-7H3. The molecular formula is C10H26O2Si2. The van der Waals surface area contributed by atoms with Crippen molar-refractivity contribution in [3.05, 3.63) is 0 Å². The first-order chi connectivity index (χ1) is 6.10. The molecule has 0 bridgehead atoms. The van der Waals surface area contributed by atoms with Crippen molar-refractivity contribution in [1.82, 2.24) is 0 Å². The van der Waals surface area contributed by atoms with Gasteiger partial charge in [0.2, 0.25) is 0 Å². The topological polar surface area (TPSA) is 18.5 Å². The van der Waals surface area contributed by atoms with Gasteiger partial charge in [0.1, 0.15) is 0 Å². The van der Waals surface area contributed by atoms with Crippen LogP contribution in [-0.4, -0.2) is 29.3 Å². The normalized spacial score (nSPS) is 15.6. The van der Waals surface area contributed by atoms with Gasteiger partial charge in [-0.3, -0.25) is 0 Å². The molecule has 0 aromatic carbocycles. The van der Waals surface area contributed by atoms with Gasteiger partial charge in [-0.25, -0.2) is 0 Å². The van der Waals surface area contributed by atoms with Gasteiger partial charge < -0.3 is 8.85 Å². The first-order valence-corrected chi connectivity index (χ1v) is 12.2. The first-order valence-electron chi connectivity index (χ1n) is 5.42. The van der Waals surface area contributed by atoms with Crippen LogP contribution in [-0.2, 0) is 8.85 Å². The van der Waals surface area contributed by atoms with Gasteiger partial charge in [0.05, 0.1) is 0 Å². The molecule has 14 heavy (non-hydrogen) atoms. The first kappa shape index (κ1) is 14.4. The van der Waals surface area contributed by atoms with Gasteiger partial charge in [0, 0.05) is 12.7 Å². The second-order valence-electron chi connectivity index (χ2n) is 5.79. The molecule has 0 aromatic rings. The summed E-state index contributed by atoms with van der Waals surface area (Å²) in [6.07, 6.45) is 1.37. The predicted molar refractivity (Wildman–Crippen MR) is 67.8 cm³/mol. The Morgan fingerprint density at radius 2 is 1.43 bits per heavy atom. The number of hydrogen-bond donors (Lipinski definition) is 0. The molecule has 1 atom stereocenters. The average molecular weight is 234 g/mol. The second kappa shape index (κ2) is 5.44. The lowest BCUT2D eigenvalue weighted by atomic mass is 10.3. The van der Waals surface area contributed by atoms with Crippen molar-refractivity contribution < 1.29 is 8.85 Å². The van der Waals surface area contributed by atoms with Gasteiger partial charge in [0.15, 0.2) is 16.6 Å². The Labute approximate surface area is 91.3 Å². The molecule has 0 saturated heterocycles. The monoisotopic (exact) mass is 234 g/mol. The molecule has 0 aliphatic rings. The lowest BCUT2D eigenvalue weighted by molar-refractivity contribution is 0.169. The third-order valence-corrected chi connectivity index (χ3v) is 3.79. The van der Waals surface area contributed by atoms with Gasteiger partial charge in [0.25, 0.3) is 0 Å². The average Bonchev–Trinajstić information content (AvgIpc) is 1.78. The maximum Gasteiger partial charge on any atom is 0.184 e. The fourth-order valence-corrected chi connectivity index (χ4v) is 3.25. The van der Waals surface area contributed by atoms with Crippen LogP contribution in [0.3, 0.4) is 0 Å². The smallest absolute Gasteiger partial charge is 0.184 e. The molecule has 1 unspecified atom stereocenters. The third kappa shape index (κ3) is 10.4. The summed E-state index contributed by atoms with van der Waals surface area (Å²) in [7, 11) is -2.69. The summed E-state index contributed by atoms with van der Waals surface area (Å²) in [5, 5.41) is 0. The Bertz CT molecular complexity index is 158. The van der Waals surface area contributed by atoms with E-state index in [4.69, 9.17) is 8.85 Å². The molecule has 2 nitrogen and oxygen atoms in total. The van der Waals surface area contributed by atoms with Crippen LogP contribution in [0.5, 0.6) is 0 Å². The van der Waals surface area contributed by atoms with Crippen molar-refractivity contribution in [2.45, 2.75) is 58.7 Å². The molecule has 0 fully saturated rings. The van der Waals surface area contributed by atoms with Crippen LogP contribution < -0.4 is 0 Å². The minimum absolute atomic E-state index is 0.345. The molecule has 0 saturated carbocycles. The summed E-state index contributed by atoms with van der Waals surface area (Å²) in [4.78, 5) is 0. The van der Waals surface area contributed by atoms with Gasteiger partial charge in [-0.15, -0.1) is 0 Å². The van der Waals surface area contributed by atoms with E-state index in [1.165, 1.54) is 0 Å². The molecule has 0 aliphatic carbocycles. The SMILES string of the molecule is CC(CCO[Si](C)(C)C)O[Si](C)(C)C. The molecule has 86 valence electrons. The quantitative estimate of drug-likeness (QED) is 0.655. The molecular weight excluding hydrogens is 208 g/mol. The predicted octanol–water partition coefficient (Wildman–Crippen LogP) is 3.47. The maximum absolute atomic E-state index is 5.93. The highest BCUT2D eigenvalue weighted by molar-refractivity contribution is 6.70.